The normalized spacial score (nSPS) is 11.9. The molecule has 8 heteroatoms. The molecule has 1 aromatic carbocycles. The van der Waals surface area contributed by atoms with Crippen LogP contribution in [0.15, 0.2) is 36.7 Å². The maximum atomic E-state index is 12.2. The lowest BCUT2D eigenvalue weighted by molar-refractivity contribution is -0.139. The van der Waals surface area contributed by atoms with Crippen LogP contribution < -0.4 is 5.32 Å². The zero-order valence-electron chi connectivity index (χ0n) is 12.0. The number of carbonyl (C=O) groups is 2. The van der Waals surface area contributed by atoms with E-state index in [2.05, 4.69) is 15.6 Å². The van der Waals surface area contributed by atoms with Gasteiger partial charge >= 0.3 is 5.97 Å². The van der Waals surface area contributed by atoms with Crippen molar-refractivity contribution in [2.24, 2.45) is 0 Å². The number of nitrogens with zero attached hydrogens (tertiary/aromatic N) is 3. The maximum Gasteiger partial charge on any atom is 0.326 e. The van der Waals surface area contributed by atoms with E-state index in [0.717, 1.165) is 0 Å². The number of rotatable bonds is 7. The second-order valence-corrected chi connectivity index (χ2v) is 4.54. The molecule has 0 aliphatic carbocycles. The first kappa shape index (κ1) is 15.6. The second kappa shape index (κ2) is 7.32. The number of carboxylic acids is 1. The molecule has 0 saturated heterocycles. The summed E-state index contributed by atoms with van der Waals surface area (Å²) in [5.41, 5.74) is 1.01. The first-order chi connectivity index (χ1) is 10.6. The third-order valence-corrected chi connectivity index (χ3v) is 3.01. The van der Waals surface area contributed by atoms with E-state index < -0.39 is 17.9 Å². The second-order valence-electron chi connectivity index (χ2n) is 4.54. The molecule has 2 N–H and O–H groups in total. The monoisotopic (exact) mass is 304 g/mol. The quantitative estimate of drug-likeness (QED) is 0.771. The van der Waals surface area contributed by atoms with Gasteiger partial charge in [0.05, 0.1) is 18.1 Å². The van der Waals surface area contributed by atoms with E-state index in [-0.39, 0.29) is 13.0 Å². The van der Waals surface area contributed by atoms with Crippen LogP contribution in [0.2, 0.25) is 0 Å². The average molecular weight is 304 g/mol. The van der Waals surface area contributed by atoms with Gasteiger partial charge in [-0.3, -0.25) is 4.79 Å². The molecule has 116 valence electrons. The summed E-state index contributed by atoms with van der Waals surface area (Å²) in [6.07, 6.45) is 3.37. The minimum absolute atomic E-state index is 0.195. The van der Waals surface area contributed by atoms with Crippen molar-refractivity contribution in [3.05, 3.63) is 42.2 Å². The van der Waals surface area contributed by atoms with Gasteiger partial charge in [0, 0.05) is 25.7 Å². The third-order valence-electron chi connectivity index (χ3n) is 3.01. The number of methoxy groups -OCH3 is 1. The van der Waals surface area contributed by atoms with Crippen LogP contribution in [0, 0.1) is 0 Å². The number of hydrogen-bond donors (Lipinski definition) is 2. The van der Waals surface area contributed by atoms with E-state index in [1.54, 1.807) is 30.5 Å². The van der Waals surface area contributed by atoms with Crippen molar-refractivity contribution in [1.82, 2.24) is 20.3 Å². The van der Waals surface area contributed by atoms with E-state index in [1.165, 1.54) is 18.0 Å². The lowest BCUT2D eigenvalue weighted by atomic mass is 10.1. The molecule has 1 atom stereocenters. The Labute approximate surface area is 126 Å². The lowest BCUT2D eigenvalue weighted by Gasteiger charge is -2.14. The molecule has 0 aliphatic rings. The number of ether oxygens (including phenoxy) is 1. The minimum Gasteiger partial charge on any atom is -0.480 e. The largest absolute Gasteiger partial charge is 0.480 e. The van der Waals surface area contributed by atoms with Crippen LogP contribution in [-0.2, 0) is 9.53 Å². The van der Waals surface area contributed by atoms with Gasteiger partial charge in [-0.15, -0.1) is 5.10 Å². The molecule has 2 aromatic rings. The summed E-state index contributed by atoms with van der Waals surface area (Å²) in [5, 5.41) is 19.1. The fourth-order valence-corrected chi connectivity index (χ4v) is 1.87. The van der Waals surface area contributed by atoms with Gasteiger partial charge in [-0.2, -0.15) is 0 Å². The molecule has 1 amide bonds. The van der Waals surface area contributed by atoms with Gasteiger partial charge in [0.1, 0.15) is 6.04 Å². The number of hydrogen-bond acceptors (Lipinski definition) is 5. The SMILES string of the molecule is COCCC(NC(=O)c1cccc(-n2ccnn2)c1)C(=O)O. The van der Waals surface area contributed by atoms with Crippen LogP contribution in [0.3, 0.4) is 0 Å². The summed E-state index contributed by atoms with van der Waals surface area (Å²) in [4.78, 5) is 23.3. The van der Waals surface area contributed by atoms with Crippen molar-refractivity contribution in [1.29, 1.82) is 0 Å². The number of aromatic nitrogens is 3. The fourth-order valence-electron chi connectivity index (χ4n) is 1.87. The number of aliphatic carboxylic acids is 1. The van der Waals surface area contributed by atoms with E-state index in [9.17, 15) is 9.59 Å². The Balaban J connectivity index is 2.12. The number of amides is 1. The molecule has 0 fully saturated rings. The smallest absolute Gasteiger partial charge is 0.326 e. The van der Waals surface area contributed by atoms with Crippen molar-refractivity contribution in [3.63, 3.8) is 0 Å². The first-order valence-electron chi connectivity index (χ1n) is 6.61. The van der Waals surface area contributed by atoms with Gasteiger partial charge in [-0.05, 0) is 18.2 Å². The first-order valence-corrected chi connectivity index (χ1v) is 6.61. The highest BCUT2D eigenvalue weighted by Gasteiger charge is 2.20. The number of carboxylic acid groups (broad SMARTS) is 1. The molecule has 0 spiro atoms. The van der Waals surface area contributed by atoms with Crippen molar-refractivity contribution in [2.45, 2.75) is 12.5 Å². The molecule has 8 nitrogen and oxygen atoms in total. The molecule has 0 bridgehead atoms. The Bertz CT molecular complexity index is 642. The van der Waals surface area contributed by atoms with Crippen LogP contribution in [0.5, 0.6) is 0 Å². The van der Waals surface area contributed by atoms with E-state index in [1.807, 2.05) is 0 Å². The highest BCUT2D eigenvalue weighted by Crippen LogP contribution is 2.09. The van der Waals surface area contributed by atoms with Crippen LogP contribution >= 0.6 is 0 Å². The Hall–Kier alpha value is -2.74. The summed E-state index contributed by atoms with van der Waals surface area (Å²) < 4.78 is 6.35. The van der Waals surface area contributed by atoms with Gasteiger partial charge in [0.2, 0.25) is 0 Å². The number of benzene rings is 1. The Morgan fingerprint density at radius 3 is 2.91 bits per heavy atom. The van der Waals surface area contributed by atoms with E-state index in [0.29, 0.717) is 11.3 Å². The van der Waals surface area contributed by atoms with Crippen LogP contribution in [-0.4, -0.2) is 51.7 Å². The van der Waals surface area contributed by atoms with Crippen molar-refractivity contribution in [2.75, 3.05) is 13.7 Å². The van der Waals surface area contributed by atoms with Gasteiger partial charge in [0.25, 0.3) is 5.91 Å². The highest BCUT2D eigenvalue weighted by atomic mass is 16.5. The number of nitrogens with one attached hydrogen (secondary N) is 1. The fraction of sp³-hybridized carbons (Fsp3) is 0.286. The Morgan fingerprint density at radius 1 is 1.45 bits per heavy atom. The van der Waals surface area contributed by atoms with Gasteiger partial charge in [-0.25, -0.2) is 9.48 Å². The van der Waals surface area contributed by atoms with Gasteiger partial charge < -0.3 is 15.2 Å². The third kappa shape index (κ3) is 3.89. The number of carbonyl (C=O) groups excluding carboxylic acids is 1. The lowest BCUT2D eigenvalue weighted by Crippen LogP contribution is -2.41. The van der Waals surface area contributed by atoms with Crippen molar-refractivity contribution >= 4 is 11.9 Å². The van der Waals surface area contributed by atoms with E-state index >= 15 is 0 Å². The molecule has 0 aliphatic heterocycles. The summed E-state index contributed by atoms with van der Waals surface area (Å²) in [5.74, 6) is -1.57. The molecule has 1 heterocycles. The van der Waals surface area contributed by atoms with Gasteiger partial charge in [-0.1, -0.05) is 11.3 Å². The summed E-state index contributed by atoms with van der Waals surface area (Å²) in [6, 6.07) is 5.68. The molecule has 1 aromatic heterocycles. The van der Waals surface area contributed by atoms with E-state index in [4.69, 9.17) is 9.84 Å². The molecule has 22 heavy (non-hydrogen) atoms. The maximum absolute atomic E-state index is 12.2. The minimum atomic E-state index is -1.10. The zero-order valence-corrected chi connectivity index (χ0v) is 12.0. The van der Waals surface area contributed by atoms with Crippen molar-refractivity contribution in [3.8, 4) is 5.69 Å². The standard InChI is InChI=1S/C14H16N4O4/c1-22-8-5-12(14(20)21)16-13(19)10-3-2-4-11(9-10)18-7-6-15-17-18/h2-4,6-7,9,12H,5,8H2,1H3,(H,16,19)(H,20,21). The van der Waals surface area contributed by atoms with Crippen LogP contribution in [0.25, 0.3) is 5.69 Å². The average Bonchev–Trinajstić information content (AvgIpc) is 3.05. The predicted octanol–water partition coefficient (Wildman–Crippen LogP) is 0.487. The molecular formula is C14H16N4O4. The summed E-state index contributed by atoms with van der Waals surface area (Å²) in [7, 11) is 1.47. The van der Waals surface area contributed by atoms with Gasteiger partial charge in [0.15, 0.2) is 0 Å². The van der Waals surface area contributed by atoms with Crippen molar-refractivity contribution < 1.29 is 19.4 Å². The topological polar surface area (TPSA) is 106 Å². The molecule has 1 unspecified atom stereocenters. The predicted molar refractivity (Wildman–Crippen MR) is 76.7 cm³/mol. The molecule has 0 saturated carbocycles. The molecular weight excluding hydrogens is 288 g/mol. The summed E-state index contributed by atoms with van der Waals surface area (Å²) in [6.45, 7) is 0.246. The molecule has 2 rings (SSSR count). The Morgan fingerprint density at radius 2 is 2.27 bits per heavy atom. The zero-order chi connectivity index (χ0) is 15.9. The Kier molecular flexibility index (Phi) is 5.21. The van der Waals surface area contributed by atoms with Crippen LogP contribution in [0.4, 0.5) is 0 Å². The summed E-state index contributed by atoms with van der Waals surface area (Å²) >= 11 is 0. The van der Waals surface area contributed by atoms with Crippen LogP contribution in [0.1, 0.15) is 16.8 Å². The molecule has 0 radical (unpaired) electrons. The highest BCUT2D eigenvalue weighted by molar-refractivity contribution is 5.97.